The third kappa shape index (κ3) is 1.24. The molecule has 0 saturated heterocycles. The normalized spacial score (nSPS) is 45.6. The molecule has 2 saturated carbocycles. The summed E-state index contributed by atoms with van der Waals surface area (Å²) in [4.78, 5) is 0. The molecule has 0 N–H and O–H groups in total. The van der Waals surface area contributed by atoms with Crippen LogP contribution in [0, 0.1) is 22.2 Å². The molecular formula is C16H26O. The van der Waals surface area contributed by atoms with E-state index >= 15 is 0 Å². The van der Waals surface area contributed by atoms with E-state index in [0.717, 1.165) is 5.92 Å². The van der Waals surface area contributed by atoms with E-state index < -0.39 is 0 Å². The molecule has 0 radical (unpaired) electrons. The maximum Gasteiger partial charge on any atom is 0.0760 e. The fraction of sp³-hybridized carbons (Fsp3) is 0.875. The smallest absolute Gasteiger partial charge is 0.0760 e. The summed E-state index contributed by atoms with van der Waals surface area (Å²) in [6, 6.07) is 0. The molecule has 0 aromatic heterocycles. The quantitative estimate of drug-likeness (QED) is 0.618. The Balaban J connectivity index is 2.14. The number of fused-ring (bicyclic) bond motifs is 1. The summed E-state index contributed by atoms with van der Waals surface area (Å²) in [6.45, 7) is 9.85. The van der Waals surface area contributed by atoms with Gasteiger partial charge >= 0.3 is 0 Å². The molecule has 96 valence electrons. The van der Waals surface area contributed by atoms with Crippen LogP contribution in [0.5, 0.6) is 0 Å². The Morgan fingerprint density at radius 3 is 2.53 bits per heavy atom. The molecule has 3 aliphatic rings. The first kappa shape index (κ1) is 11.8. The second-order valence-electron chi connectivity index (χ2n) is 7.69. The molecule has 1 nitrogen and oxygen atoms in total. The van der Waals surface area contributed by atoms with Gasteiger partial charge in [-0.25, -0.2) is 0 Å². The molecule has 3 rings (SSSR count). The van der Waals surface area contributed by atoms with Crippen molar-refractivity contribution < 1.29 is 4.74 Å². The highest BCUT2D eigenvalue weighted by molar-refractivity contribution is 5.38. The Labute approximate surface area is 106 Å². The van der Waals surface area contributed by atoms with Crippen molar-refractivity contribution in [3.63, 3.8) is 0 Å². The van der Waals surface area contributed by atoms with Gasteiger partial charge in [-0.3, -0.25) is 0 Å². The van der Waals surface area contributed by atoms with E-state index in [0.29, 0.717) is 22.3 Å². The lowest BCUT2D eigenvalue weighted by molar-refractivity contribution is 0.0141. The highest BCUT2D eigenvalue weighted by Gasteiger charge is 2.64. The zero-order chi connectivity index (χ0) is 12.5. The van der Waals surface area contributed by atoms with Crippen molar-refractivity contribution >= 4 is 0 Å². The van der Waals surface area contributed by atoms with Crippen LogP contribution in [0.3, 0.4) is 0 Å². The molecule has 0 heterocycles. The molecule has 0 aromatic rings. The fourth-order valence-corrected chi connectivity index (χ4v) is 5.19. The van der Waals surface area contributed by atoms with Crippen molar-refractivity contribution in [2.45, 2.75) is 59.5 Å². The lowest BCUT2D eigenvalue weighted by atomic mass is 9.53. The first-order valence-corrected chi connectivity index (χ1v) is 7.09. The zero-order valence-electron chi connectivity index (χ0n) is 12.0. The van der Waals surface area contributed by atoms with Crippen LogP contribution in [0.2, 0.25) is 0 Å². The predicted octanol–water partition coefficient (Wildman–Crippen LogP) is 4.18. The van der Waals surface area contributed by atoms with Crippen LogP contribution in [0.25, 0.3) is 0 Å². The van der Waals surface area contributed by atoms with Crippen LogP contribution in [-0.2, 0) is 4.74 Å². The largest absolute Gasteiger partial charge is 0.377 e. The third-order valence-corrected chi connectivity index (χ3v) is 6.41. The van der Waals surface area contributed by atoms with E-state index in [4.69, 9.17) is 4.74 Å². The molecule has 1 heteroatoms. The first-order chi connectivity index (χ1) is 7.83. The Kier molecular flexibility index (Phi) is 2.20. The molecule has 1 spiro atoms. The predicted molar refractivity (Wildman–Crippen MR) is 70.8 cm³/mol. The van der Waals surface area contributed by atoms with E-state index in [-0.39, 0.29) is 0 Å². The second-order valence-corrected chi connectivity index (χ2v) is 7.69. The summed E-state index contributed by atoms with van der Waals surface area (Å²) >= 11 is 0. The van der Waals surface area contributed by atoms with Crippen LogP contribution in [0.1, 0.15) is 53.4 Å². The van der Waals surface area contributed by atoms with Crippen LogP contribution in [0.15, 0.2) is 11.6 Å². The summed E-state index contributed by atoms with van der Waals surface area (Å²) in [5.41, 5.74) is 3.03. The van der Waals surface area contributed by atoms with Crippen LogP contribution in [0.4, 0.5) is 0 Å². The molecule has 3 aliphatic carbocycles. The van der Waals surface area contributed by atoms with Gasteiger partial charge in [-0.2, -0.15) is 0 Å². The number of ether oxygens (including phenoxy) is 1. The Hall–Kier alpha value is -0.300. The van der Waals surface area contributed by atoms with Crippen molar-refractivity contribution in [3.8, 4) is 0 Å². The van der Waals surface area contributed by atoms with Gasteiger partial charge in [0.15, 0.2) is 0 Å². The molecular weight excluding hydrogens is 208 g/mol. The first-order valence-electron chi connectivity index (χ1n) is 7.09. The van der Waals surface area contributed by atoms with E-state index in [1.807, 2.05) is 7.11 Å². The monoisotopic (exact) mass is 234 g/mol. The standard InChI is InChI=1S/C16H26O/c1-14(2)10-12(17-5)8-13-15(3,4)11-6-7-16(13,14)9-11/h8,11-12H,6-7,9-10H2,1-5H3. The maximum atomic E-state index is 5.66. The number of methoxy groups -OCH3 is 1. The Bertz CT molecular complexity index is 377. The van der Waals surface area contributed by atoms with Gasteiger partial charge in [0.05, 0.1) is 6.10 Å². The van der Waals surface area contributed by atoms with Crippen molar-refractivity contribution in [1.82, 2.24) is 0 Å². The number of hydrogen-bond donors (Lipinski definition) is 0. The SMILES string of the molecule is COC1C=C2C(C)(C)C3CCC2(C3)C(C)(C)C1. The molecule has 3 atom stereocenters. The van der Waals surface area contributed by atoms with Crippen LogP contribution in [-0.4, -0.2) is 13.2 Å². The molecule has 2 fully saturated rings. The molecule has 3 unspecified atom stereocenters. The van der Waals surface area contributed by atoms with E-state index in [9.17, 15) is 0 Å². The summed E-state index contributed by atoms with van der Waals surface area (Å²) in [6.07, 6.45) is 8.28. The number of allylic oxidation sites excluding steroid dienone is 1. The molecule has 0 aliphatic heterocycles. The highest BCUT2D eigenvalue weighted by atomic mass is 16.5. The van der Waals surface area contributed by atoms with Gasteiger partial charge in [-0.1, -0.05) is 39.3 Å². The van der Waals surface area contributed by atoms with Crippen LogP contribution < -0.4 is 0 Å². The van der Waals surface area contributed by atoms with Gasteiger partial charge in [0.1, 0.15) is 0 Å². The minimum Gasteiger partial charge on any atom is -0.377 e. The van der Waals surface area contributed by atoms with E-state index in [2.05, 4.69) is 33.8 Å². The van der Waals surface area contributed by atoms with Crippen molar-refractivity contribution in [1.29, 1.82) is 0 Å². The van der Waals surface area contributed by atoms with E-state index in [1.165, 1.54) is 25.7 Å². The van der Waals surface area contributed by atoms with Gasteiger partial charge in [0.25, 0.3) is 0 Å². The Morgan fingerprint density at radius 2 is 1.88 bits per heavy atom. The second kappa shape index (κ2) is 3.17. The van der Waals surface area contributed by atoms with Gasteiger partial charge in [0.2, 0.25) is 0 Å². The molecule has 17 heavy (non-hydrogen) atoms. The molecule has 0 amide bonds. The topological polar surface area (TPSA) is 9.23 Å². The number of hydrogen-bond acceptors (Lipinski definition) is 1. The molecule has 2 bridgehead atoms. The zero-order valence-corrected chi connectivity index (χ0v) is 12.0. The lowest BCUT2D eigenvalue weighted by Crippen LogP contribution is -2.45. The summed E-state index contributed by atoms with van der Waals surface area (Å²) in [7, 11) is 1.86. The van der Waals surface area contributed by atoms with Crippen molar-refractivity contribution in [2.24, 2.45) is 22.2 Å². The average molecular weight is 234 g/mol. The van der Waals surface area contributed by atoms with Gasteiger partial charge in [-0.05, 0) is 47.8 Å². The minimum absolute atomic E-state index is 0.337. The summed E-state index contributed by atoms with van der Waals surface area (Å²) in [5.74, 6) is 0.906. The van der Waals surface area contributed by atoms with Crippen molar-refractivity contribution in [2.75, 3.05) is 7.11 Å². The number of rotatable bonds is 1. The summed E-state index contributed by atoms with van der Waals surface area (Å²) < 4.78 is 5.66. The van der Waals surface area contributed by atoms with Crippen molar-refractivity contribution in [3.05, 3.63) is 11.6 Å². The lowest BCUT2D eigenvalue weighted by Gasteiger charge is -2.52. The molecule has 0 aromatic carbocycles. The fourth-order valence-electron chi connectivity index (χ4n) is 5.19. The minimum atomic E-state index is 0.337. The summed E-state index contributed by atoms with van der Waals surface area (Å²) in [5, 5.41) is 0. The highest BCUT2D eigenvalue weighted by Crippen LogP contribution is 2.73. The van der Waals surface area contributed by atoms with Gasteiger partial charge in [0, 0.05) is 7.11 Å². The van der Waals surface area contributed by atoms with E-state index in [1.54, 1.807) is 5.57 Å². The van der Waals surface area contributed by atoms with Gasteiger partial charge < -0.3 is 4.74 Å². The van der Waals surface area contributed by atoms with Crippen LogP contribution >= 0.6 is 0 Å². The maximum absolute atomic E-state index is 5.66. The third-order valence-electron chi connectivity index (χ3n) is 6.41. The Morgan fingerprint density at radius 1 is 1.18 bits per heavy atom. The average Bonchev–Trinajstić information content (AvgIpc) is 2.75. The van der Waals surface area contributed by atoms with Gasteiger partial charge in [-0.15, -0.1) is 0 Å².